The van der Waals surface area contributed by atoms with E-state index in [4.69, 9.17) is 9.47 Å². The van der Waals surface area contributed by atoms with E-state index in [1.54, 1.807) is 6.07 Å². The highest BCUT2D eigenvalue weighted by molar-refractivity contribution is 6.11. The van der Waals surface area contributed by atoms with Gasteiger partial charge in [-0.15, -0.1) is 0 Å². The van der Waals surface area contributed by atoms with Gasteiger partial charge in [-0.05, 0) is 192 Å². The molecule has 0 bridgehead atoms. The first-order chi connectivity index (χ1) is 37.1. The summed E-state index contributed by atoms with van der Waals surface area (Å²) < 4.78 is 33.8. The molecule has 8 aromatic carbocycles. The molecular formula is C72H77FN2O4. The summed E-state index contributed by atoms with van der Waals surface area (Å²) in [5.41, 5.74) is 15.6. The third-order valence-electron chi connectivity index (χ3n) is 16.5. The molecule has 0 unspecified atom stereocenters. The van der Waals surface area contributed by atoms with Crippen LogP contribution in [0.4, 0.5) is 4.39 Å². The molecule has 2 atom stereocenters. The monoisotopic (exact) mass is 1050 g/mol. The van der Waals surface area contributed by atoms with Gasteiger partial charge in [0.2, 0.25) is 0 Å². The Labute approximate surface area is 466 Å². The van der Waals surface area contributed by atoms with Gasteiger partial charge < -0.3 is 28.8 Å². The Morgan fingerprint density at radius 1 is 0.392 bits per heavy atom. The van der Waals surface area contributed by atoms with Crippen LogP contribution < -0.4 is 9.47 Å². The number of halogens is 1. The van der Waals surface area contributed by atoms with E-state index in [9.17, 15) is 10.2 Å². The highest BCUT2D eigenvalue weighted by Gasteiger charge is 2.32. The fourth-order valence-electron chi connectivity index (χ4n) is 11.9. The van der Waals surface area contributed by atoms with Gasteiger partial charge >= 0.3 is 0 Å². The normalized spacial score (nSPS) is 15.5. The van der Waals surface area contributed by atoms with Crippen molar-refractivity contribution in [3.8, 4) is 56.6 Å². The van der Waals surface area contributed by atoms with Crippen LogP contribution in [-0.4, -0.2) is 31.6 Å². The van der Waals surface area contributed by atoms with E-state index in [-0.39, 0.29) is 45.4 Å². The fourth-order valence-corrected chi connectivity index (χ4v) is 11.9. The summed E-state index contributed by atoms with van der Waals surface area (Å²) in [6.45, 7) is 33.0. The zero-order chi connectivity index (χ0) is 56.4. The summed E-state index contributed by atoms with van der Waals surface area (Å²) in [6, 6.07) is 45.6. The summed E-state index contributed by atoms with van der Waals surface area (Å²) in [6.07, 6.45) is 1.59. The van der Waals surface area contributed by atoms with E-state index in [2.05, 4.69) is 203 Å². The lowest BCUT2D eigenvalue weighted by atomic mass is 9.85. The van der Waals surface area contributed by atoms with Crippen molar-refractivity contribution in [3.63, 3.8) is 0 Å². The molecule has 0 amide bonds. The van der Waals surface area contributed by atoms with Crippen LogP contribution >= 0.6 is 0 Å². The van der Waals surface area contributed by atoms with E-state index in [0.717, 1.165) is 72.3 Å². The lowest BCUT2D eigenvalue weighted by Gasteiger charge is -2.22. The number of phenols is 2. The van der Waals surface area contributed by atoms with Crippen molar-refractivity contribution in [1.29, 1.82) is 0 Å². The number of rotatable bonds is 8. The number of fused-ring (bicyclic) bond motifs is 6. The molecule has 1 aliphatic carbocycles. The average molecular weight is 1050 g/mol. The quantitative estimate of drug-likeness (QED) is 0.159. The van der Waals surface area contributed by atoms with Gasteiger partial charge in [-0.1, -0.05) is 119 Å². The van der Waals surface area contributed by atoms with Crippen LogP contribution in [0, 0.1) is 26.6 Å². The van der Waals surface area contributed by atoms with Crippen LogP contribution in [0.25, 0.3) is 77.2 Å². The van der Waals surface area contributed by atoms with E-state index in [1.807, 2.05) is 25.1 Å². The lowest BCUT2D eigenvalue weighted by molar-refractivity contribution is 0.166. The molecule has 2 N–H and O–H groups in total. The van der Waals surface area contributed by atoms with Gasteiger partial charge in [0.1, 0.15) is 41.0 Å². The molecule has 1 fully saturated rings. The zero-order valence-corrected chi connectivity index (χ0v) is 49.0. The van der Waals surface area contributed by atoms with Crippen molar-refractivity contribution in [2.45, 2.75) is 157 Å². The minimum atomic E-state index is -0.421. The maximum Gasteiger partial charge on any atom is 0.147 e. The van der Waals surface area contributed by atoms with Gasteiger partial charge in [-0.25, -0.2) is 4.39 Å². The topological polar surface area (TPSA) is 68.8 Å². The maximum atomic E-state index is 15.6. The molecule has 6 nitrogen and oxygen atoms in total. The van der Waals surface area contributed by atoms with Crippen LogP contribution in [0.2, 0.25) is 0 Å². The highest BCUT2D eigenvalue weighted by atomic mass is 19.1. The summed E-state index contributed by atoms with van der Waals surface area (Å²) in [4.78, 5) is 0. The third kappa shape index (κ3) is 9.82. The van der Waals surface area contributed by atoms with E-state index in [1.165, 1.54) is 34.4 Å². The summed E-state index contributed by atoms with van der Waals surface area (Å²) >= 11 is 0. The Bertz CT molecular complexity index is 3660. The van der Waals surface area contributed by atoms with Gasteiger partial charge in [-0.2, -0.15) is 0 Å². The summed E-state index contributed by atoms with van der Waals surface area (Å²) in [5, 5.41) is 29.8. The molecule has 1 saturated carbocycles. The van der Waals surface area contributed by atoms with Gasteiger partial charge in [0.05, 0.1) is 33.4 Å². The number of phenolic OH excluding ortho intramolecular Hbond substituents is 2. The highest BCUT2D eigenvalue weighted by Crippen LogP contribution is 2.48. The Balaban J connectivity index is 0.921. The van der Waals surface area contributed by atoms with E-state index in [0.29, 0.717) is 52.4 Å². The second-order valence-corrected chi connectivity index (χ2v) is 26.9. The first kappa shape index (κ1) is 53.5. The Morgan fingerprint density at radius 3 is 1.08 bits per heavy atom. The van der Waals surface area contributed by atoms with Gasteiger partial charge in [0.15, 0.2) is 0 Å². The first-order valence-electron chi connectivity index (χ1n) is 28.2. The molecule has 7 heteroatoms. The minimum Gasteiger partial charge on any atom is -0.505 e. The molecule has 79 heavy (non-hydrogen) atoms. The van der Waals surface area contributed by atoms with Gasteiger partial charge in [-0.3, -0.25) is 0 Å². The predicted octanol–water partition coefficient (Wildman–Crippen LogP) is 19.3. The average Bonchev–Trinajstić information content (AvgIpc) is 4.30. The van der Waals surface area contributed by atoms with Crippen LogP contribution in [0.5, 0.6) is 23.0 Å². The van der Waals surface area contributed by atoms with Gasteiger partial charge in [0, 0.05) is 50.2 Å². The van der Waals surface area contributed by atoms with Crippen molar-refractivity contribution >= 4 is 43.6 Å². The predicted molar refractivity (Wildman–Crippen MR) is 327 cm³/mol. The largest absolute Gasteiger partial charge is 0.505 e. The van der Waals surface area contributed by atoms with E-state index >= 15 is 4.39 Å². The van der Waals surface area contributed by atoms with Crippen molar-refractivity contribution in [2.75, 3.05) is 0 Å². The smallest absolute Gasteiger partial charge is 0.147 e. The molecule has 406 valence electrons. The van der Waals surface area contributed by atoms with Crippen LogP contribution in [-0.2, 0) is 21.7 Å². The number of hydrogen-bond acceptors (Lipinski definition) is 4. The number of benzene rings is 8. The van der Waals surface area contributed by atoms with E-state index < -0.39 is 5.82 Å². The molecule has 0 spiro atoms. The van der Waals surface area contributed by atoms with Crippen LogP contribution in [0.3, 0.4) is 0 Å². The minimum absolute atomic E-state index is 0.0408. The molecular weight excluding hydrogens is 976 g/mol. The fraction of sp³-hybridized carbons (Fsp3) is 0.333. The molecule has 2 aromatic heterocycles. The SMILES string of the molecule is Cc1ccc(O[C@H]2CC[C@@H](Oc3ccc(F)cc3-c3cc(C)cc(-n4c5ccc(C(C)(C)C)cc5c5cc(C(C)(C)C)ccc54)c3O)C2)c(-c2cc(C)cc(-n3c4ccc(C(C)(C)C)cc4c4cc(C(C)(C)C)ccc43)c2O)c1. The maximum absolute atomic E-state index is 15.6. The Kier molecular flexibility index (Phi) is 12.9. The standard InChI is InChI=1S/C72H77FN2O4/c1-41-16-28-65(55(30-41)57-31-42(2)33-63(67(57)76)74-59-24-17-44(69(4,5)6)35-51(59)52-36-45(70(7,8)9)18-25-60(52)74)78-49-22-23-50(40-49)79-66-29-21-48(73)39-56(66)58-32-43(3)34-64(68(58)77)75-61-26-19-46(71(10,11)12)37-53(61)54-38-47(72(13,14)15)20-27-62(54)75/h16-21,24-39,49-50,76-77H,22-23,40H2,1-15H3/t49-,50+/m0/s1. The number of aromatic hydroxyl groups is 2. The zero-order valence-electron chi connectivity index (χ0n) is 49.0. The molecule has 0 saturated heterocycles. The first-order valence-corrected chi connectivity index (χ1v) is 28.2. The Hall–Kier alpha value is -7.51. The van der Waals surface area contributed by atoms with Crippen LogP contribution in [0.1, 0.15) is 141 Å². The molecule has 2 heterocycles. The van der Waals surface area contributed by atoms with Crippen molar-refractivity contribution in [2.24, 2.45) is 0 Å². The summed E-state index contributed by atoms with van der Waals surface area (Å²) in [7, 11) is 0. The molecule has 10 aromatic rings. The second kappa shape index (κ2) is 19.1. The molecule has 1 aliphatic rings. The molecule has 11 rings (SSSR count). The molecule has 0 aliphatic heterocycles. The summed E-state index contributed by atoms with van der Waals surface area (Å²) in [5.74, 6) is 0.985. The number of hydrogen-bond donors (Lipinski definition) is 2. The third-order valence-corrected chi connectivity index (χ3v) is 16.5. The van der Waals surface area contributed by atoms with Crippen molar-refractivity contribution in [1.82, 2.24) is 9.13 Å². The number of aromatic nitrogens is 2. The number of ether oxygens (including phenoxy) is 2. The van der Waals surface area contributed by atoms with Crippen molar-refractivity contribution in [3.05, 3.63) is 178 Å². The van der Waals surface area contributed by atoms with Crippen LogP contribution in [0.15, 0.2) is 133 Å². The number of nitrogens with zero attached hydrogens (tertiary/aromatic N) is 2. The van der Waals surface area contributed by atoms with Crippen molar-refractivity contribution < 1.29 is 24.1 Å². The number of aryl methyl sites for hydroxylation is 3. The van der Waals surface area contributed by atoms with Gasteiger partial charge in [0.25, 0.3) is 0 Å². The Morgan fingerprint density at radius 2 is 0.722 bits per heavy atom. The lowest BCUT2D eigenvalue weighted by Crippen LogP contribution is -2.18. The second-order valence-electron chi connectivity index (χ2n) is 26.9. The molecule has 0 radical (unpaired) electrons.